The minimum atomic E-state index is 0.226. The quantitative estimate of drug-likeness (QED) is 0.526. The van der Waals surface area contributed by atoms with Gasteiger partial charge in [-0.05, 0) is 54.7 Å². The Morgan fingerprint density at radius 2 is 1.88 bits per heavy atom. The van der Waals surface area contributed by atoms with Crippen LogP contribution in [-0.2, 0) is 0 Å². The van der Waals surface area contributed by atoms with Gasteiger partial charge in [-0.1, -0.05) is 40.2 Å². The highest BCUT2D eigenvalue weighted by molar-refractivity contribution is 5.32. The second-order valence-corrected chi connectivity index (χ2v) is 6.75. The first-order valence-corrected chi connectivity index (χ1v) is 6.36. The van der Waals surface area contributed by atoms with Gasteiger partial charge in [-0.25, -0.2) is 0 Å². The van der Waals surface area contributed by atoms with Gasteiger partial charge >= 0.3 is 0 Å². The zero-order valence-electron chi connectivity index (χ0n) is 11.8. The Morgan fingerprint density at radius 3 is 2.38 bits per heavy atom. The summed E-state index contributed by atoms with van der Waals surface area (Å²) in [7, 11) is 0. The lowest BCUT2D eigenvalue weighted by Gasteiger charge is -2.32. The Labute approximate surface area is 101 Å². The van der Waals surface area contributed by atoms with Crippen LogP contribution in [0.2, 0.25) is 0 Å². The summed E-state index contributed by atoms with van der Waals surface area (Å²) in [6.45, 7) is 13.6. The van der Waals surface area contributed by atoms with E-state index in [0.29, 0.717) is 5.41 Å². The van der Waals surface area contributed by atoms with Crippen LogP contribution in [-0.4, -0.2) is 0 Å². The molecule has 90 valence electrons. The Hall–Kier alpha value is -0.740. The molecule has 0 bridgehead atoms. The van der Waals surface area contributed by atoms with E-state index in [1.54, 1.807) is 5.57 Å². The van der Waals surface area contributed by atoms with Gasteiger partial charge in [0.2, 0.25) is 0 Å². The van der Waals surface area contributed by atoms with Crippen LogP contribution in [0, 0.1) is 10.8 Å². The lowest BCUT2D eigenvalue weighted by molar-refractivity contribution is 0.377. The van der Waals surface area contributed by atoms with Gasteiger partial charge in [0, 0.05) is 0 Å². The normalized spacial score (nSPS) is 20.4. The van der Waals surface area contributed by atoms with E-state index in [4.69, 9.17) is 0 Å². The molecule has 0 heterocycles. The van der Waals surface area contributed by atoms with E-state index in [9.17, 15) is 0 Å². The van der Waals surface area contributed by atoms with Crippen LogP contribution in [0.5, 0.6) is 0 Å². The molecule has 0 spiro atoms. The molecule has 0 aliphatic heterocycles. The van der Waals surface area contributed by atoms with Crippen molar-refractivity contribution in [2.45, 2.75) is 60.8 Å². The molecule has 0 saturated heterocycles. The van der Waals surface area contributed by atoms with Crippen molar-refractivity contribution in [3.05, 3.63) is 29.0 Å². The first-order valence-electron chi connectivity index (χ1n) is 6.36. The van der Waals surface area contributed by atoms with Crippen LogP contribution in [0.3, 0.4) is 0 Å². The van der Waals surface area contributed by atoms with Crippen LogP contribution in [0.1, 0.15) is 60.8 Å². The molecule has 0 unspecified atom stereocenters. The van der Waals surface area contributed by atoms with Crippen LogP contribution in [0.15, 0.2) is 29.0 Å². The largest absolute Gasteiger partial charge is 0.124 e. The van der Waals surface area contributed by atoms with Crippen molar-refractivity contribution in [1.82, 2.24) is 0 Å². The van der Waals surface area contributed by atoms with Crippen molar-refractivity contribution in [3.63, 3.8) is 0 Å². The summed E-state index contributed by atoms with van der Waals surface area (Å²) in [5.41, 5.74) is 6.98. The fraction of sp³-hybridized carbons (Fsp3) is 0.688. The maximum atomic E-state index is 3.37. The average molecular weight is 218 g/mol. The zero-order chi connectivity index (χ0) is 12.4. The number of hydrogen-bond acceptors (Lipinski definition) is 0. The summed E-state index contributed by atoms with van der Waals surface area (Å²) in [6.07, 6.45) is 8.26. The molecule has 0 radical (unpaired) electrons. The smallest absolute Gasteiger partial charge is 0.00979 e. The average Bonchev–Trinajstić information content (AvgIpc) is 2.07. The maximum absolute atomic E-state index is 3.37. The van der Waals surface area contributed by atoms with Gasteiger partial charge in [0.05, 0.1) is 0 Å². The SMILES string of the molecule is CC1=C(C=C=CC(C)(C)C)C(C)(C)CCC1. The number of allylic oxidation sites excluding steroid dienone is 3. The molecule has 0 heteroatoms. The van der Waals surface area contributed by atoms with Crippen LogP contribution in [0.25, 0.3) is 0 Å². The maximum Gasteiger partial charge on any atom is -0.00979 e. The van der Waals surface area contributed by atoms with Gasteiger partial charge in [0.15, 0.2) is 0 Å². The van der Waals surface area contributed by atoms with E-state index in [-0.39, 0.29) is 5.41 Å². The summed E-state index contributed by atoms with van der Waals surface area (Å²) >= 11 is 0. The van der Waals surface area contributed by atoms with Crippen molar-refractivity contribution in [2.24, 2.45) is 10.8 Å². The molecule has 0 amide bonds. The molecule has 0 saturated carbocycles. The molecule has 0 N–H and O–H groups in total. The molecule has 16 heavy (non-hydrogen) atoms. The third-order valence-corrected chi connectivity index (χ3v) is 3.29. The lowest BCUT2D eigenvalue weighted by Crippen LogP contribution is -2.18. The van der Waals surface area contributed by atoms with E-state index in [2.05, 4.69) is 59.4 Å². The second kappa shape index (κ2) is 4.63. The number of hydrogen-bond donors (Lipinski definition) is 0. The standard InChI is InChI=1S/C16H26/c1-13-9-7-12-16(5,6)14(13)10-8-11-15(2,3)4/h10-11H,7,9,12H2,1-6H3. The Balaban J connectivity index is 2.99. The van der Waals surface area contributed by atoms with Crippen molar-refractivity contribution in [2.75, 3.05) is 0 Å². The van der Waals surface area contributed by atoms with Gasteiger partial charge in [-0.2, -0.15) is 0 Å². The van der Waals surface area contributed by atoms with Gasteiger partial charge in [-0.3, -0.25) is 0 Å². The minimum absolute atomic E-state index is 0.226. The predicted octanol–water partition coefficient (Wildman–Crippen LogP) is 5.27. The topological polar surface area (TPSA) is 0 Å². The first-order chi connectivity index (χ1) is 7.22. The van der Waals surface area contributed by atoms with E-state index in [1.807, 2.05) is 0 Å². The highest BCUT2D eigenvalue weighted by Crippen LogP contribution is 2.40. The molecule has 0 aromatic carbocycles. The summed E-state index contributed by atoms with van der Waals surface area (Å²) in [6, 6.07) is 0. The van der Waals surface area contributed by atoms with Gasteiger partial charge < -0.3 is 0 Å². The highest BCUT2D eigenvalue weighted by Gasteiger charge is 2.26. The molecule has 0 atom stereocenters. The third kappa shape index (κ3) is 3.68. The van der Waals surface area contributed by atoms with Crippen molar-refractivity contribution in [1.29, 1.82) is 0 Å². The second-order valence-electron chi connectivity index (χ2n) is 6.75. The van der Waals surface area contributed by atoms with Gasteiger partial charge in [0.25, 0.3) is 0 Å². The molecular weight excluding hydrogens is 192 g/mol. The molecular formula is C16H26. The van der Waals surface area contributed by atoms with Crippen molar-refractivity contribution < 1.29 is 0 Å². The van der Waals surface area contributed by atoms with Crippen LogP contribution >= 0.6 is 0 Å². The third-order valence-electron chi connectivity index (χ3n) is 3.29. The Kier molecular flexibility index (Phi) is 3.86. The lowest BCUT2D eigenvalue weighted by atomic mass is 9.73. The summed E-state index contributed by atoms with van der Waals surface area (Å²) < 4.78 is 0. The molecule has 1 rings (SSSR count). The molecule has 0 nitrogen and oxygen atoms in total. The van der Waals surface area contributed by atoms with Crippen LogP contribution in [0.4, 0.5) is 0 Å². The Bertz CT molecular complexity index is 339. The summed E-state index contributed by atoms with van der Waals surface area (Å²) in [5.74, 6) is 0. The van der Waals surface area contributed by atoms with E-state index in [0.717, 1.165) is 0 Å². The zero-order valence-corrected chi connectivity index (χ0v) is 11.8. The van der Waals surface area contributed by atoms with E-state index in [1.165, 1.54) is 24.8 Å². The van der Waals surface area contributed by atoms with E-state index < -0.39 is 0 Å². The predicted molar refractivity (Wildman–Crippen MR) is 72.4 cm³/mol. The summed E-state index contributed by atoms with van der Waals surface area (Å²) in [5, 5.41) is 0. The molecule has 1 aliphatic rings. The minimum Gasteiger partial charge on any atom is -0.124 e. The monoisotopic (exact) mass is 218 g/mol. The fourth-order valence-electron chi connectivity index (χ4n) is 2.34. The molecule has 0 aromatic heterocycles. The van der Waals surface area contributed by atoms with Gasteiger partial charge in [0.1, 0.15) is 0 Å². The number of rotatable bonds is 1. The molecule has 1 aliphatic carbocycles. The van der Waals surface area contributed by atoms with Gasteiger partial charge in [-0.15, -0.1) is 5.73 Å². The van der Waals surface area contributed by atoms with E-state index >= 15 is 0 Å². The van der Waals surface area contributed by atoms with Crippen LogP contribution < -0.4 is 0 Å². The first kappa shape index (κ1) is 13.3. The highest BCUT2D eigenvalue weighted by atomic mass is 14.3. The molecule has 0 aromatic rings. The fourth-order valence-corrected chi connectivity index (χ4v) is 2.34. The summed E-state index contributed by atoms with van der Waals surface area (Å²) in [4.78, 5) is 0. The van der Waals surface area contributed by atoms with Crippen molar-refractivity contribution in [3.8, 4) is 0 Å². The van der Waals surface area contributed by atoms with Crippen molar-refractivity contribution >= 4 is 0 Å². The molecule has 0 fully saturated rings. The Morgan fingerprint density at radius 1 is 1.25 bits per heavy atom.